The summed E-state index contributed by atoms with van der Waals surface area (Å²) in [6.45, 7) is 6.60. The van der Waals surface area contributed by atoms with E-state index in [0.29, 0.717) is 12.2 Å². The van der Waals surface area contributed by atoms with Crippen LogP contribution in [-0.4, -0.2) is 31.1 Å². The monoisotopic (exact) mass is 424 g/mol. The van der Waals surface area contributed by atoms with Crippen LogP contribution >= 0.6 is 0 Å². The number of unbranched alkanes of at least 4 members (excludes halogenated alkanes) is 5. The minimum Gasteiger partial charge on any atom is -0.459 e. The van der Waals surface area contributed by atoms with Crippen LogP contribution in [0.2, 0.25) is 0 Å². The summed E-state index contributed by atoms with van der Waals surface area (Å²) < 4.78 is 16.6. The van der Waals surface area contributed by atoms with Gasteiger partial charge < -0.3 is 14.2 Å². The molecular formula is C27H36O4. The summed E-state index contributed by atoms with van der Waals surface area (Å²) in [5.41, 5.74) is 4.18. The van der Waals surface area contributed by atoms with Gasteiger partial charge in [0.25, 0.3) is 0 Å². The van der Waals surface area contributed by atoms with Crippen LogP contribution in [-0.2, 0) is 20.6 Å². The highest BCUT2D eigenvalue weighted by Crippen LogP contribution is 2.24. The normalized spacial score (nSPS) is 17.6. The molecule has 1 saturated heterocycles. The molecule has 3 rings (SSSR count). The first kappa shape index (κ1) is 23.5. The first-order valence-corrected chi connectivity index (χ1v) is 11.6. The number of ether oxygens (including phenoxy) is 3. The Labute approximate surface area is 186 Å². The SMILES string of the molecule is CCCCCCCCc1ccc(-c2ccc(C(=O)OCC3COC(C)(C)O3)cc2)cc1. The van der Waals surface area contributed by atoms with Gasteiger partial charge in [-0.25, -0.2) is 4.79 Å². The summed E-state index contributed by atoms with van der Waals surface area (Å²) in [4.78, 5) is 12.3. The van der Waals surface area contributed by atoms with Crippen LogP contribution in [0.3, 0.4) is 0 Å². The van der Waals surface area contributed by atoms with E-state index in [2.05, 4.69) is 31.2 Å². The fraction of sp³-hybridized carbons (Fsp3) is 0.519. The maximum absolute atomic E-state index is 12.3. The average Bonchev–Trinajstić information content (AvgIpc) is 3.13. The van der Waals surface area contributed by atoms with Gasteiger partial charge in [0.15, 0.2) is 5.79 Å². The van der Waals surface area contributed by atoms with Crippen LogP contribution in [0.25, 0.3) is 11.1 Å². The standard InChI is InChI=1S/C27H36O4/c1-4-5-6-7-8-9-10-21-11-13-22(14-12-21)23-15-17-24(18-16-23)26(28)29-19-25-20-30-27(2,3)31-25/h11-18,25H,4-10,19-20H2,1-3H3. The van der Waals surface area contributed by atoms with Crippen molar-refractivity contribution >= 4 is 5.97 Å². The van der Waals surface area contributed by atoms with E-state index in [1.807, 2.05) is 38.1 Å². The average molecular weight is 425 g/mol. The molecule has 2 aromatic rings. The van der Waals surface area contributed by atoms with Gasteiger partial charge >= 0.3 is 5.97 Å². The molecule has 0 saturated carbocycles. The van der Waals surface area contributed by atoms with Crippen LogP contribution in [0.15, 0.2) is 48.5 Å². The van der Waals surface area contributed by atoms with Crippen molar-refractivity contribution < 1.29 is 19.0 Å². The van der Waals surface area contributed by atoms with Crippen LogP contribution < -0.4 is 0 Å². The predicted molar refractivity (Wildman–Crippen MR) is 124 cm³/mol. The molecule has 0 aromatic heterocycles. The second kappa shape index (κ2) is 11.4. The van der Waals surface area contributed by atoms with E-state index >= 15 is 0 Å². The highest BCUT2D eigenvalue weighted by molar-refractivity contribution is 5.90. The van der Waals surface area contributed by atoms with E-state index in [1.54, 1.807) is 0 Å². The van der Waals surface area contributed by atoms with Gasteiger partial charge in [-0.3, -0.25) is 0 Å². The number of hydrogen-bond donors (Lipinski definition) is 0. The van der Waals surface area contributed by atoms with Crippen molar-refractivity contribution in [3.05, 3.63) is 59.7 Å². The summed E-state index contributed by atoms with van der Waals surface area (Å²) in [6.07, 6.45) is 8.87. The van der Waals surface area contributed by atoms with E-state index in [1.165, 1.54) is 44.1 Å². The molecule has 4 nitrogen and oxygen atoms in total. The molecule has 0 radical (unpaired) electrons. The van der Waals surface area contributed by atoms with E-state index in [9.17, 15) is 4.79 Å². The number of aryl methyl sites for hydroxylation is 1. The highest BCUT2D eigenvalue weighted by Gasteiger charge is 2.33. The van der Waals surface area contributed by atoms with Crippen molar-refractivity contribution in [3.8, 4) is 11.1 Å². The van der Waals surface area contributed by atoms with Crippen molar-refractivity contribution in [2.45, 2.75) is 77.6 Å². The molecule has 168 valence electrons. The Morgan fingerprint density at radius 1 is 0.935 bits per heavy atom. The summed E-state index contributed by atoms with van der Waals surface area (Å²) in [5.74, 6) is -0.947. The van der Waals surface area contributed by atoms with Gasteiger partial charge in [0.05, 0.1) is 12.2 Å². The van der Waals surface area contributed by atoms with Gasteiger partial charge in [0.1, 0.15) is 12.7 Å². The van der Waals surface area contributed by atoms with Crippen molar-refractivity contribution in [2.75, 3.05) is 13.2 Å². The molecule has 4 heteroatoms. The van der Waals surface area contributed by atoms with Crippen molar-refractivity contribution in [1.29, 1.82) is 0 Å². The quantitative estimate of drug-likeness (QED) is 0.302. The van der Waals surface area contributed by atoms with Crippen LogP contribution in [0.5, 0.6) is 0 Å². The fourth-order valence-corrected chi connectivity index (χ4v) is 3.87. The molecule has 1 heterocycles. The smallest absolute Gasteiger partial charge is 0.338 e. The third-order valence-corrected chi connectivity index (χ3v) is 5.69. The Balaban J connectivity index is 1.45. The van der Waals surface area contributed by atoms with E-state index < -0.39 is 5.79 Å². The molecule has 0 spiro atoms. The second-order valence-corrected chi connectivity index (χ2v) is 8.84. The van der Waals surface area contributed by atoms with Gasteiger partial charge in [0, 0.05) is 0 Å². The van der Waals surface area contributed by atoms with Gasteiger partial charge in [-0.1, -0.05) is 75.4 Å². The maximum atomic E-state index is 12.3. The zero-order chi connectivity index (χ0) is 22.1. The summed E-state index contributed by atoms with van der Waals surface area (Å²) >= 11 is 0. The van der Waals surface area contributed by atoms with Crippen LogP contribution in [0.1, 0.15) is 75.2 Å². The van der Waals surface area contributed by atoms with Gasteiger partial charge in [-0.2, -0.15) is 0 Å². The number of rotatable bonds is 11. The topological polar surface area (TPSA) is 44.8 Å². The molecule has 0 N–H and O–H groups in total. The Morgan fingerprint density at radius 3 is 2.16 bits per heavy atom. The molecule has 1 atom stereocenters. The molecular weight excluding hydrogens is 388 g/mol. The Hall–Kier alpha value is -2.17. The lowest BCUT2D eigenvalue weighted by molar-refractivity contribution is -0.142. The summed E-state index contributed by atoms with van der Waals surface area (Å²) in [7, 11) is 0. The van der Waals surface area contributed by atoms with Crippen molar-refractivity contribution in [2.24, 2.45) is 0 Å². The van der Waals surface area contributed by atoms with Gasteiger partial charge in [-0.05, 0) is 55.5 Å². The van der Waals surface area contributed by atoms with E-state index in [4.69, 9.17) is 14.2 Å². The third kappa shape index (κ3) is 7.48. The zero-order valence-electron chi connectivity index (χ0n) is 19.2. The van der Waals surface area contributed by atoms with Crippen LogP contribution in [0, 0.1) is 0 Å². The Morgan fingerprint density at radius 2 is 1.55 bits per heavy atom. The first-order chi connectivity index (χ1) is 15.0. The minimum atomic E-state index is -0.608. The molecule has 0 aliphatic carbocycles. The lowest BCUT2D eigenvalue weighted by Crippen LogP contribution is -2.25. The van der Waals surface area contributed by atoms with E-state index in [0.717, 1.165) is 17.5 Å². The number of benzene rings is 2. The Kier molecular flexibility index (Phi) is 8.68. The maximum Gasteiger partial charge on any atom is 0.338 e. The number of carbonyl (C=O) groups excluding carboxylic acids is 1. The predicted octanol–water partition coefficient (Wildman–Crippen LogP) is 6.56. The second-order valence-electron chi connectivity index (χ2n) is 8.84. The molecule has 1 fully saturated rings. The van der Waals surface area contributed by atoms with E-state index in [-0.39, 0.29) is 18.7 Å². The zero-order valence-corrected chi connectivity index (χ0v) is 19.2. The molecule has 1 aliphatic rings. The van der Waals surface area contributed by atoms with Crippen molar-refractivity contribution in [1.82, 2.24) is 0 Å². The van der Waals surface area contributed by atoms with Crippen molar-refractivity contribution in [3.63, 3.8) is 0 Å². The molecule has 0 amide bonds. The molecule has 1 aliphatic heterocycles. The third-order valence-electron chi connectivity index (χ3n) is 5.69. The fourth-order valence-electron chi connectivity index (χ4n) is 3.87. The number of esters is 1. The summed E-state index contributed by atoms with van der Waals surface area (Å²) in [6, 6.07) is 16.3. The first-order valence-electron chi connectivity index (χ1n) is 11.6. The largest absolute Gasteiger partial charge is 0.459 e. The lowest BCUT2D eigenvalue weighted by Gasteiger charge is -2.17. The number of carbonyl (C=O) groups is 1. The lowest BCUT2D eigenvalue weighted by atomic mass is 10.00. The highest BCUT2D eigenvalue weighted by atomic mass is 16.7. The molecule has 1 unspecified atom stereocenters. The molecule has 0 bridgehead atoms. The van der Waals surface area contributed by atoms with Gasteiger partial charge in [-0.15, -0.1) is 0 Å². The molecule has 2 aromatic carbocycles. The van der Waals surface area contributed by atoms with Gasteiger partial charge in [0.2, 0.25) is 0 Å². The minimum absolute atomic E-state index is 0.198. The Bertz CT molecular complexity index is 808. The van der Waals surface area contributed by atoms with Crippen LogP contribution in [0.4, 0.5) is 0 Å². The molecule has 31 heavy (non-hydrogen) atoms. The summed E-state index contributed by atoms with van der Waals surface area (Å²) in [5, 5.41) is 0. The number of hydrogen-bond acceptors (Lipinski definition) is 4.